The molecule has 0 radical (unpaired) electrons. The highest BCUT2D eigenvalue weighted by Crippen LogP contribution is 2.22. The monoisotopic (exact) mass is 299 g/mol. The van der Waals surface area contributed by atoms with E-state index in [1.807, 2.05) is 0 Å². The summed E-state index contributed by atoms with van der Waals surface area (Å²) in [6.45, 7) is 0.150. The summed E-state index contributed by atoms with van der Waals surface area (Å²) < 4.78 is 51.7. The van der Waals surface area contributed by atoms with Gasteiger partial charge in [0.2, 0.25) is 10.0 Å². The number of esters is 1. The van der Waals surface area contributed by atoms with Crippen molar-refractivity contribution < 1.29 is 26.4 Å². The minimum atomic E-state index is -4.00. The van der Waals surface area contributed by atoms with Crippen LogP contribution < -0.4 is 0 Å². The Balaban J connectivity index is 3.00. The van der Waals surface area contributed by atoms with E-state index in [0.29, 0.717) is 19.3 Å². The highest BCUT2D eigenvalue weighted by molar-refractivity contribution is 8.06. The van der Waals surface area contributed by atoms with E-state index in [4.69, 9.17) is 0 Å². The van der Waals surface area contributed by atoms with Gasteiger partial charge in [-0.25, -0.2) is 16.8 Å². The first-order valence-electron chi connectivity index (χ1n) is 5.42. The van der Waals surface area contributed by atoms with Gasteiger partial charge in [-0.2, -0.15) is 4.31 Å². The van der Waals surface area contributed by atoms with Gasteiger partial charge in [0, 0.05) is 12.8 Å². The smallest absolute Gasteiger partial charge is 0.324 e. The molecule has 1 rings (SSSR count). The van der Waals surface area contributed by atoms with Crippen molar-refractivity contribution in [1.82, 2.24) is 4.31 Å². The fraction of sp³-hybridized carbons (Fsp3) is 0.889. The van der Waals surface area contributed by atoms with Crippen LogP contribution in [0.25, 0.3) is 0 Å². The first-order valence-corrected chi connectivity index (χ1v) is 9.09. The number of carbonyl (C=O) groups is 1. The number of nitrogens with zero attached hydrogens (tertiary/aromatic N) is 1. The molecule has 7 nitrogen and oxygen atoms in total. The Hall–Kier alpha value is -0.670. The van der Waals surface area contributed by atoms with E-state index in [1.54, 1.807) is 0 Å². The number of sulfonamides is 1. The standard InChI is InChI=1S/C9H17NO6S2/c1-16-9(11)8-5-3-4-6-10(8)18(14,15)7-17(2,12)13/h8H,3-7H2,1-2H3/t8-/m1/s1. The lowest BCUT2D eigenvalue weighted by Gasteiger charge is -2.32. The van der Waals surface area contributed by atoms with E-state index in [-0.39, 0.29) is 6.54 Å². The van der Waals surface area contributed by atoms with Gasteiger partial charge < -0.3 is 4.74 Å². The quantitative estimate of drug-likeness (QED) is 0.640. The molecule has 0 aliphatic carbocycles. The Bertz CT molecular complexity index is 509. The van der Waals surface area contributed by atoms with Crippen LogP contribution in [-0.2, 0) is 29.4 Å². The molecule has 1 fully saturated rings. The van der Waals surface area contributed by atoms with Crippen molar-refractivity contribution in [2.45, 2.75) is 25.3 Å². The summed E-state index contributed by atoms with van der Waals surface area (Å²) in [6, 6.07) is -0.907. The molecule has 106 valence electrons. The van der Waals surface area contributed by atoms with Crippen molar-refractivity contribution in [2.24, 2.45) is 0 Å². The van der Waals surface area contributed by atoms with Crippen LogP contribution >= 0.6 is 0 Å². The number of rotatable bonds is 4. The number of sulfone groups is 1. The number of piperidine rings is 1. The van der Waals surface area contributed by atoms with Crippen molar-refractivity contribution in [3.8, 4) is 0 Å². The van der Waals surface area contributed by atoms with E-state index in [2.05, 4.69) is 4.74 Å². The van der Waals surface area contributed by atoms with Crippen molar-refractivity contribution in [3.63, 3.8) is 0 Å². The molecule has 0 saturated carbocycles. The van der Waals surface area contributed by atoms with Crippen molar-refractivity contribution in [1.29, 1.82) is 0 Å². The van der Waals surface area contributed by atoms with Crippen LogP contribution in [0.15, 0.2) is 0 Å². The second kappa shape index (κ2) is 5.54. The number of hydrogen-bond donors (Lipinski definition) is 0. The minimum absolute atomic E-state index is 0.150. The minimum Gasteiger partial charge on any atom is -0.468 e. The van der Waals surface area contributed by atoms with Gasteiger partial charge >= 0.3 is 5.97 Å². The summed E-state index contributed by atoms with van der Waals surface area (Å²) in [5.74, 6) is -0.647. The molecule has 0 spiro atoms. The van der Waals surface area contributed by atoms with Gasteiger partial charge in [0.15, 0.2) is 14.9 Å². The Kier molecular flexibility index (Phi) is 4.73. The van der Waals surface area contributed by atoms with Gasteiger partial charge in [-0.1, -0.05) is 0 Å². The highest BCUT2D eigenvalue weighted by atomic mass is 32.3. The lowest BCUT2D eigenvalue weighted by Crippen LogP contribution is -2.49. The third kappa shape index (κ3) is 3.92. The van der Waals surface area contributed by atoms with E-state index in [0.717, 1.165) is 10.6 Å². The third-order valence-corrected chi connectivity index (χ3v) is 6.70. The molecule has 0 aromatic rings. The van der Waals surface area contributed by atoms with Crippen LogP contribution in [0.5, 0.6) is 0 Å². The van der Waals surface area contributed by atoms with Crippen LogP contribution in [0.2, 0.25) is 0 Å². The van der Waals surface area contributed by atoms with E-state index in [9.17, 15) is 21.6 Å². The maximum atomic E-state index is 12.0. The molecule has 18 heavy (non-hydrogen) atoms. The van der Waals surface area contributed by atoms with Crippen LogP contribution in [-0.4, -0.2) is 58.1 Å². The molecule has 0 N–H and O–H groups in total. The molecule has 0 amide bonds. The molecule has 1 heterocycles. The normalized spacial score (nSPS) is 22.7. The van der Waals surface area contributed by atoms with Gasteiger partial charge in [-0.15, -0.1) is 0 Å². The molecule has 1 aliphatic rings. The predicted molar refractivity (Wildman–Crippen MR) is 65.0 cm³/mol. The highest BCUT2D eigenvalue weighted by Gasteiger charge is 2.38. The maximum absolute atomic E-state index is 12.0. The van der Waals surface area contributed by atoms with E-state index < -0.39 is 37.0 Å². The maximum Gasteiger partial charge on any atom is 0.324 e. The van der Waals surface area contributed by atoms with Gasteiger partial charge in [0.05, 0.1) is 7.11 Å². The fourth-order valence-electron chi connectivity index (χ4n) is 1.95. The van der Waals surface area contributed by atoms with Crippen molar-refractivity contribution >= 4 is 25.8 Å². The number of methoxy groups -OCH3 is 1. The van der Waals surface area contributed by atoms with Crippen LogP contribution in [0.3, 0.4) is 0 Å². The lowest BCUT2D eigenvalue weighted by molar-refractivity contribution is -0.146. The SMILES string of the molecule is COC(=O)[C@H]1CCCCN1S(=O)(=O)CS(C)(=O)=O. The lowest BCUT2D eigenvalue weighted by atomic mass is 10.1. The summed E-state index contributed by atoms with van der Waals surface area (Å²) in [5.41, 5.74) is 0. The Morgan fingerprint density at radius 1 is 1.28 bits per heavy atom. The fourth-order valence-corrected chi connectivity index (χ4v) is 5.64. The second-order valence-corrected chi connectivity index (χ2v) is 8.73. The zero-order valence-electron chi connectivity index (χ0n) is 10.3. The van der Waals surface area contributed by atoms with Crippen molar-refractivity contribution in [3.05, 3.63) is 0 Å². The first kappa shape index (κ1) is 15.4. The molecule has 1 aliphatic heterocycles. The van der Waals surface area contributed by atoms with Crippen LogP contribution in [0.4, 0.5) is 0 Å². The number of hydrogen-bond acceptors (Lipinski definition) is 6. The third-order valence-electron chi connectivity index (χ3n) is 2.65. The van der Waals surface area contributed by atoms with Crippen molar-refractivity contribution in [2.75, 3.05) is 25.0 Å². The average Bonchev–Trinajstić information content (AvgIpc) is 2.25. The van der Waals surface area contributed by atoms with E-state index >= 15 is 0 Å². The predicted octanol–water partition coefficient (Wildman–Crippen LogP) is -0.654. The molecule has 0 bridgehead atoms. The molecule has 1 atom stereocenters. The number of ether oxygens (including phenoxy) is 1. The average molecular weight is 299 g/mol. The Labute approximate surface area is 107 Å². The second-order valence-electron chi connectivity index (χ2n) is 4.30. The largest absolute Gasteiger partial charge is 0.468 e. The van der Waals surface area contributed by atoms with E-state index in [1.165, 1.54) is 7.11 Å². The topological polar surface area (TPSA) is 97.8 Å². The van der Waals surface area contributed by atoms with Crippen LogP contribution in [0.1, 0.15) is 19.3 Å². The molecule has 0 unspecified atom stereocenters. The van der Waals surface area contributed by atoms with Gasteiger partial charge in [0.1, 0.15) is 6.04 Å². The Morgan fingerprint density at radius 3 is 2.39 bits per heavy atom. The summed E-state index contributed by atoms with van der Waals surface area (Å²) in [7, 11) is -6.49. The molecular weight excluding hydrogens is 282 g/mol. The summed E-state index contributed by atoms with van der Waals surface area (Å²) in [6.07, 6.45) is 2.53. The summed E-state index contributed by atoms with van der Waals surface area (Å²) in [4.78, 5) is 11.5. The molecule has 9 heteroatoms. The zero-order valence-corrected chi connectivity index (χ0v) is 12.0. The number of carbonyl (C=O) groups excluding carboxylic acids is 1. The van der Waals surface area contributed by atoms with Gasteiger partial charge in [0.25, 0.3) is 0 Å². The molecule has 1 saturated heterocycles. The molecule has 0 aromatic carbocycles. The summed E-state index contributed by atoms with van der Waals surface area (Å²) in [5, 5.41) is -0.979. The summed E-state index contributed by atoms with van der Waals surface area (Å²) >= 11 is 0. The molecule has 0 aromatic heterocycles. The Morgan fingerprint density at radius 2 is 1.89 bits per heavy atom. The first-order chi connectivity index (χ1) is 8.17. The van der Waals surface area contributed by atoms with Gasteiger partial charge in [-0.05, 0) is 19.3 Å². The van der Waals surface area contributed by atoms with Crippen LogP contribution in [0, 0.1) is 0 Å². The molecular formula is C9H17NO6S2. The zero-order chi connectivity index (χ0) is 14.0. The van der Waals surface area contributed by atoms with Gasteiger partial charge in [-0.3, -0.25) is 4.79 Å².